The highest BCUT2D eigenvalue weighted by molar-refractivity contribution is 7.92. The number of anilines is 1. The largest absolute Gasteiger partial charge is 0.394 e. The maximum absolute atomic E-state index is 13.5. The van der Waals surface area contributed by atoms with Crippen LogP contribution in [0.1, 0.15) is 30.4 Å². The monoisotopic (exact) mass is 400 g/mol. The van der Waals surface area contributed by atoms with Crippen LogP contribution in [-0.2, 0) is 14.8 Å². The van der Waals surface area contributed by atoms with E-state index in [4.69, 9.17) is 0 Å². The Morgan fingerprint density at radius 3 is 2.50 bits per heavy atom. The second-order valence-corrected chi connectivity index (χ2v) is 9.19. The number of carbonyl (C=O) groups excluding carboxylic acids is 1. The third-order valence-electron chi connectivity index (χ3n) is 5.90. The number of amides is 1. The van der Waals surface area contributed by atoms with Gasteiger partial charge in [0.15, 0.2) is 0 Å². The molecule has 1 saturated heterocycles. The first-order chi connectivity index (χ1) is 13.4. The van der Waals surface area contributed by atoms with Crippen molar-refractivity contribution < 1.29 is 18.3 Å². The summed E-state index contributed by atoms with van der Waals surface area (Å²) >= 11 is 0. The molecule has 0 radical (unpaired) electrons. The predicted octanol–water partition coefficient (Wildman–Crippen LogP) is 2.27. The van der Waals surface area contributed by atoms with Gasteiger partial charge < -0.3 is 10.0 Å². The van der Waals surface area contributed by atoms with Crippen molar-refractivity contribution >= 4 is 21.6 Å². The molecule has 1 N–H and O–H groups in total. The number of likely N-dealkylation sites (tertiary alicyclic amines) is 1. The summed E-state index contributed by atoms with van der Waals surface area (Å²) in [6, 6.07) is 13.8. The fourth-order valence-corrected chi connectivity index (χ4v) is 6.31. The van der Waals surface area contributed by atoms with Crippen LogP contribution in [0.15, 0.2) is 53.4 Å². The number of fused-ring (bicyclic) bond motifs is 3. The number of hydrogen-bond donors (Lipinski definition) is 1. The Bertz CT molecular complexity index is 1020. The van der Waals surface area contributed by atoms with E-state index in [0.29, 0.717) is 17.7 Å². The summed E-state index contributed by atoms with van der Waals surface area (Å²) in [6.07, 6.45) is 0.325. The molecule has 3 atom stereocenters. The molecule has 4 rings (SSSR count). The Hall–Kier alpha value is -2.38. The average Bonchev–Trinajstić information content (AvgIpc) is 2.68. The number of nitrogens with zero attached hydrogens (tertiary/aromatic N) is 2. The molecule has 6 nitrogen and oxygen atoms in total. The zero-order valence-electron chi connectivity index (χ0n) is 15.9. The van der Waals surface area contributed by atoms with Crippen LogP contribution in [0.2, 0.25) is 0 Å². The van der Waals surface area contributed by atoms with Gasteiger partial charge in [0.25, 0.3) is 10.0 Å². The van der Waals surface area contributed by atoms with E-state index in [-0.39, 0.29) is 42.0 Å². The number of carbonyl (C=O) groups is 1. The minimum Gasteiger partial charge on any atom is -0.394 e. The van der Waals surface area contributed by atoms with Gasteiger partial charge in [0.1, 0.15) is 0 Å². The smallest absolute Gasteiger partial charge is 0.264 e. The van der Waals surface area contributed by atoms with Crippen LogP contribution in [-0.4, -0.2) is 49.6 Å². The lowest BCUT2D eigenvalue weighted by atomic mass is 9.72. The third-order valence-corrected chi connectivity index (χ3v) is 7.84. The molecule has 2 aromatic carbocycles. The minimum absolute atomic E-state index is 0.0555. The van der Waals surface area contributed by atoms with Gasteiger partial charge in [-0.2, -0.15) is 0 Å². The van der Waals surface area contributed by atoms with E-state index in [1.54, 1.807) is 43.0 Å². The first-order valence-electron chi connectivity index (χ1n) is 9.51. The summed E-state index contributed by atoms with van der Waals surface area (Å²) < 4.78 is 28.5. The molecule has 2 heterocycles. The van der Waals surface area contributed by atoms with E-state index in [2.05, 4.69) is 0 Å². The van der Waals surface area contributed by atoms with Crippen LogP contribution < -0.4 is 4.31 Å². The normalized spacial score (nSPS) is 23.6. The highest BCUT2D eigenvalue weighted by Crippen LogP contribution is 2.49. The van der Waals surface area contributed by atoms with Crippen molar-refractivity contribution in [2.45, 2.75) is 43.2 Å². The van der Waals surface area contributed by atoms with E-state index < -0.39 is 10.0 Å². The molecule has 0 aliphatic carbocycles. The van der Waals surface area contributed by atoms with Crippen LogP contribution in [0.4, 0.5) is 5.69 Å². The lowest BCUT2D eigenvalue weighted by Crippen LogP contribution is -2.70. The molecule has 0 aromatic heterocycles. The van der Waals surface area contributed by atoms with Crippen molar-refractivity contribution in [3.8, 4) is 0 Å². The van der Waals surface area contributed by atoms with Crippen LogP contribution in [0.5, 0.6) is 0 Å². The van der Waals surface area contributed by atoms with Gasteiger partial charge in [-0.3, -0.25) is 9.10 Å². The Kier molecular flexibility index (Phi) is 4.67. The summed E-state index contributed by atoms with van der Waals surface area (Å²) in [5, 5.41) is 9.88. The lowest BCUT2D eigenvalue weighted by molar-refractivity contribution is -0.149. The van der Waals surface area contributed by atoms with Crippen LogP contribution in [0.3, 0.4) is 0 Å². The number of aryl methyl sites for hydroxylation is 1. The Morgan fingerprint density at radius 1 is 1.14 bits per heavy atom. The van der Waals surface area contributed by atoms with Crippen LogP contribution in [0.25, 0.3) is 0 Å². The van der Waals surface area contributed by atoms with Crippen molar-refractivity contribution in [2.75, 3.05) is 17.5 Å². The average molecular weight is 401 g/mol. The Labute approximate surface area is 165 Å². The molecule has 28 heavy (non-hydrogen) atoms. The van der Waals surface area contributed by atoms with Gasteiger partial charge in [-0.15, -0.1) is 0 Å². The van der Waals surface area contributed by atoms with Crippen molar-refractivity contribution in [3.05, 3.63) is 59.7 Å². The molecular formula is C21H24N2O4S. The third kappa shape index (κ3) is 2.64. The molecule has 0 spiro atoms. The lowest BCUT2D eigenvalue weighted by Gasteiger charge is -2.58. The number of benzene rings is 2. The van der Waals surface area contributed by atoms with Gasteiger partial charge >= 0.3 is 0 Å². The number of para-hydroxylation sites is 1. The fraction of sp³-hybridized carbons (Fsp3) is 0.381. The predicted molar refractivity (Wildman–Crippen MR) is 107 cm³/mol. The second-order valence-electron chi connectivity index (χ2n) is 7.36. The zero-order chi connectivity index (χ0) is 20.1. The quantitative estimate of drug-likeness (QED) is 0.854. The van der Waals surface area contributed by atoms with Gasteiger partial charge in [0.2, 0.25) is 5.91 Å². The molecule has 2 aliphatic rings. The SMILES string of the molecule is CCC(=O)N1[C@H](CO)[C@H]2c3ccccc3N(S(=O)(=O)c3ccccc3C)C[C@H]21. The standard InChI is InChI=1S/C21H24N2O4S/c1-3-20(25)23-17-12-22(28(26,27)19-11-7-4-8-14(19)2)16-10-6-5-9-15(16)21(17)18(23)13-24/h4-11,17-18,21,24H,3,12-13H2,1-2H3/t17-,18-,21+/m1/s1. The number of hydrogen-bond acceptors (Lipinski definition) is 4. The maximum Gasteiger partial charge on any atom is 0.264 e. The maximum atomic E-state index is 13.5. The molecule has 1 fully saturated rings. The van der Waals surface area contributed by atoms with E-state index in [1.165, 1.54) is 4.31 Å². The summed E-state index contributed by atoms with van der Waals surface area (Å²) in [6.45, 7) is 3.62. The molecule has 0 unspecified atom stereocenters. The molecule has 148 valence electrons. The van der Waals surface area contributed by atoms with E-state index >= 15 is 0 Å². The van der Waals surface area contributed by atoms with Crippen molar-refractivity contribution in [3.63, 3.8) is 0 Å². The van der Waals surface area contributed by atoms with Gasteiger partial charge in [0, 0.05) is 12.3 Å². The summed E-state index contributed by atoms with van der Waals surface area (Å²) in [5.74, 6) is -0.118. The van der Waals surface area contributed by atoms with Crippen molar-refractivity contribution in [1.82, 2.24) is 4.90 Å². The van der Waals surface area contributed by atoms with Gasteiger partial charge in [-0.1, -0.05) is 43.3 Å². The summed E-state index contributed by atoms with van der Waals surface area (Å²) in [4.78, 5) is 14.4. The topological polar surface area (TPSA) is 77.9 Å². The Morgan fingerprint density at radius 2 is 1.82 bits per heavy atom. The number of aliphatic hydroxyl groups is 1. The van der Waals surface area contributed by atoms with Crippen molar-refractivity contribution in [1.29, 1.82) is 0 Å². The van der Waals surface area contributed by atoms with Gasteiger partial charge in [-0.25, -0.2) is 8.42 Å². The molecule has 0 saturated carbocycles. The first kappa shape index (κ1) is 19.0. The van der Waals surface area contributed by atoms with Crippen LogP contribution in [0, 0.1) is 6.92 Å². The van der Waals surface area contributed by atoms with Gasteiger partial charge in [-0.05, 0) is 30.2 Å². The molecule has 2 aromatic rings. The zero-order valence-corrected chi connectivity index (χ0v) is 16.8. The van der Waals surface area contributed by atoms with Crippen molar-refractivity contribution in [2.24, 2.45) is 0 Å². The van der Waals surface area contributed by atoms with E-state index in [1.807, 2.05) is 24.3 Å². The second kappa shape index (κ2) is 6.90. The highest BCUT2D eigenvalue weighted by atomic mass is 32.2. The minimum atomic E-state index is -3.78. The number of aliphatic hydroxyl groups excluding tert-OH is 1. The molecule has 7 heteroatoms. The van der Waals surface area contributed by atoms with E-state index in [0.717, 1.165) is 5.56 Å². The number of rotatable bonds is 4. The van der Waals surface area contributed by atoms with Crippen LogP contribution >= 0.6 is 0 Å². The van der Waals surface area contributed by atoms with E-state index in [9.17, 15) is 18.3 Å². The molecule has 1 amide bonds. The summed E-state index contributed by atoms with van der Waals surface area (Å²) in [7, 11) is -3.78. The molecule has 2 aliphatic heterocycles. The first-order valence-corrected chi connectivity index (χ1v) is 10.9. The molecule has 0 bridgehead atoms. The van der Waals surface area contributed by atoms with Gasteiger partial charge in [0.05, 0.1) is 35.8 Å². The summed E-state index contributed by atoms with van der Waals surface area (Å²) in [5.41, 5.74) is 2.19. The molecular weight excluding hydrogens is 376 g/mol. The number of sulfonamides is 1. The Balaban J connectivity index is 1.83. The fourth-order valence-electron chi connectivity index (χ4n) is 4.57. The highest BCUT2D eigenvalue weighted by Gasteiger charge is 2.55.